The third-order valence-corrected chi connectivity index (χ3v) is 4.16. The number of likely N-dealkylation sites (tertiary alicyclic amines) is 1. The Morgan fingerprint density at radius 1 is 1.40 bits per heavy atom. The average molecular weight is 224 g/mol. The van der Waals surface area contributed by atoms with Crippen molar-refractivity contribution in [2.45, 2.75) is 32.4 Å². The van der Waals surface area contributed by atoms with Gasteiger partial charge in [-0.05, 0) is 52.0 Å². The molecule has 0 atom stereocenters. The van der Waals surface area contributed by atoms with Gasteiger partial charge in [0.1, 0.15) is 0 Å². The predicted molar refractivity (Wildman–Crippen MR) is 66.4 cm³/mol. The monoisotopic (exact) mass is 224 g/mol. The number of nitrogens with one attached hydrogen (secondary N) is 1. The van der Waals surface area contributed by atoms with Gasteiger partial charge in [-0.15, -0.1) is 11.3 Å². The van der Waals surface area contributed by atoms with Crippen LogP contribution in [-0.4, -0.2) is 31.1 Å². The lowest BCUT2D eigenvalue weighted by Crippen LogP contribution is -2.40. The van der Waals surface area contributed by atoms with Crippen LogP contribution in [0.4, 0.5) is 0 Å². The van der Waals surface area contributed by atoms with E-state index in [1.807, 2.05) is 11.3 Å². The van der Waals surface area contributed by atoms with Gasteiger partial charge in [0, 0.05) is 22.3 Å². The van der Waals surface area contributed by atoms with Crippen molar-refractivity contribution in [3.05, 3.63) is 21.9 Å². The van der Waals surface area contributed by atoms with Gasteiger partial charge in [-0.3, -0.25) is 4.90 Å². The number of aryl methyl sites for hydroxylation is 1. The van der Waals surface area contributed by atoms with Crippen molar-refractivity contribution in [1.29, 1.82) is 0 Å². The Balaban J connectivity index is 1.82. The van der Waals surface area contributed by atoms with Crippen LogP contribution in [-0.2, 0) is 6.54 Å². The fourth-order valence-corrected chi connectivity index (χ4v) is 3.10. The van der Waals surface area contributed by atoms with Crippen molar-refractivity contribution in [3.63, 3.8) is 0 Å². The van der Waals surface area contributed by atoms with Crippen LogP contribution >= 0.6 is 11.3 Å². The molecule has 0 aromatic carbocycles. The van der Waals surface area contributed by atoms with E-state index in [2.05, 4.69) is 36.3 Å². The average Bonchev–Trinajstić information content (AvgIpc) is 2.65. The van der Waals surface area contributed by atoms with E-state index in [0.29, 0.717) is 0 Å². The molecule has 0 aliphatic carbocycles. The minimum absolute atomic E-state index is 0.742. The van der Waals surface area contributed by atoms with Gasteiger partial charge in [0.15, 0.2) is 0 Å². The van der Waals surface area contributed by atoms with E-state index in [-0.39, 0.29) is 0 Å². The zero-order valence-electron chi connectivity index (χ0n) is 9.62. The van der Waals surface area contributed by atoms with Gasteiger partial charge in [0.05, 0.1) is 0 Å². The van der Waals surface area contributed by atoms with E-state index in [9.17, 15) is 0 Å². The van der Waals surface area contributed by atoms with E-state index in [4.69, 9.17) is 0 Å². The minimum Gasteiger partial charge on any atom is -0.317 e. The summed E-state index contributed by atoms with van der Waals surface area (Å²) in [5, 5.41) is 3.37. The summed E-state index contributed by atoms with van der Waals surface area (Å²) in [5.41, 5.74) is 0. The van der Waals surface area contributed by atoms with Crippen LogP contribution in [0.3, 0.4) is 0 Å². The molecule has 1 aromatic rings. The van der Waals surface area contributed by atoms with Crippen LogP contribution in [0, 0.1) is 6.92 Å². The van der Waals surface area contributed by atoms with E-state index < -0.39 is 0 Å². The van der Waals surface area contributed by atoms with Crippen LogP contribution < -0.4 is 5.32 Å². The van der Waals surface area contributed by atoms with Gasteiger partial charge in [-0.25, -0.2) is 0 Å². The van der Waals surface area contributed by atoms with Gasteiger partial charge >= 0.3 is 0 Å². The molecule has 15 heavy (non-hydrogen) atoms. The van der Waals surface area contributed by atoms with Crippen LogP contribution in [0.2, 0.25) is 0 Å². The Hall–Kier alpha value is -0.380. The molecule has 2 rings (SSSR count). The third-order valence-electron chi connectivity index (χ3n) is 3.17. The summed E-state index contributed by atoms with van der Waals surface area (Å²) in [4.78, 5) is 5.50. The molecular weight excluding hydrogens is 204 g/mol. The molecule has 84 valence electrons. The fraction of sp³-hybridized carbons (Fsp3) is 0.667. The number of hydrogen-bond donors (Lipinski definition) is 1. The minimum atomic E-state index is 0.742. The van der Waals surface area contributed by atoms with Gasteiger partial charge in [-0.1, -0.05) is 0 Å². The molecule has 0 amide bonds. The second-order valence-corrected chi connectivity index (χ2v) is 5.72. The molecule has 1 N–H and O–H groups in total. The molecule has 1 aliphatic rings. The smallest absolute Gasteiger partial charge is 0.0328 e. The highest BCUT2D eigenvalue weighted by Crippen LogP contribution is 2.19. The van der Waals surface area contributed by atoms with Crippen molar-refractivity contribution in [2.24, 2.45) is 0 Å². The van der Waals surface area contributed by atoms with Gasteiger partial charge in [0.25, 0.3) is 0 Å². The Morgan fingerprint density at radius 3 is 2.67 bits per heavy atom. The van der Waals surface area contributed by atoms with E-state index >= 15 is 0 Å². The van der Waals surface area contributed by atoms with Gasteiger partial charge in [-0.2, -0.15) is 0 Å². The molecular formula is C12H20N2S. The first-order valence-electron chi connectivity index (χ1n) is 5.73. The Bertz CT molecular complexity index is 300. The van der Waals surface area contributed by atoms with Gasteiger partial charge in [0.2, 0.25) is 0 Å². The van der Waals surface area contributed by atoms with E-state index in [0.717, 1.165) is 12.6 Å². The van der Waals surface area contributed by atoms with E-state index in [1.54, 1.807) is 0 Å². The molecule has 3 heteroatoms. The second kappa shape index (κ2) is 5.10. The maximum Gasteiger partial charge on any atom is 0.0328 e. The molecule has 0 spiro atoms. The topological polar surface area (TPSA) is 15.3 Å². The summed E-state index contributed by atoms with van der Waals surface area (Å²) in [7, 11) is 2.07. The molecule has 0 unspecified atom stereocenters. The number of thiophene rings is 1. The molecule has 0 saturated carbocycles. The molecule has 2 nitrogen and oxygen atoms in total. The number of piperidine rings is 1. The van der Waals surface area contributed by atoms with Crippen LogP contribution in [0.25, 0.3) is 0 Å². The molecule has 1 aromatic heterocycles. The molecule has 2 heterocycles. The lowest BCUT2D eigenvalue weighted by Gasteiger charge is -2.31. The summed E-state index contributed by atoms with van der Waals surface area (Å²) in [5.74, 6) is 0. The number of hydrogen-bond acceptors (Lipinski definition) is 3. The molecule has 1 fully saturated rings. The first kappa shape index (κ1) is 11.1. The summed E-state index contributed by atoms with van der Waals surface area (Å²) in [6.45, 7) is 5.81. The fourth-order valence-electron chi connectivity index (χ4n) is 2.17. The standard InChI is InChI=1S/C12H20N2S/c1-10-3-4-12(15-10)9-14-7-5-11(13-2)6-8-14/h3-4,11,13H,5-9H2,1-2H3. The maximum atomic E-state index is 3.37. The SMILES string of the molecule is CNC1CCN(Cc2ccc(C)s2)CC1. The van der Waals surface area contributed by atoms with Crippen molar-refractivity contribution >= 4 is 11.3 Å². The molecule has 1 aliphatic heterocycles. The summed E-state index contributed by atoms with van der Waals surface area (Å²) in [6, 6.07) is 5.23. The molecule has 0 bridgehead atoms. The zero-order chi connectivity index (χ0) is 10.7. The van der Waals surface area contributed by atoms with Crippen LogP contribution in [0.1, 0.15) is 22.6 Å². The Morgan fingerprint density at radius 2 is 2.13 bits per heavy atom. The first-order chi connectivity index (χ1) is 7.28. The van der Waals surface area contributed by atoms with Crippen molar-refractivity contribution in [3.8, 4) is 0 Å². The zero-order valence-corrected chi connectivity index (χ0v) is 10.4. The lowest BCUT2D eigenvalue weighted by atomic mass is 10.1. The highest BCUT2D eigenvalue weighted by molar-refractivity contribution is 7.11. The maximum absolute atomic E-state index is 3.37. The summed E-state index contributed by atoms with van der Waals surface area (Å²) >= 11 is 1.93. The van der Waals surface area contributed by atoms with Crippen molar-refractivity contribution < 1.29 is 0 Å². The Kier molecular flexibility index (Phi) is 3.78. The van der Waals surface area contributed by atoms with Crippen LogP contribution in [0.5, 0.6) is 0 Å². The van der Waals surface area contributed by atoms with Gasteiger partial charge < -0.3 is 5.32 Å². The number of rotatable bonds is 3. The first-order valence-corrected chi connectivity index (χ1v) is 6.54. The summed E-state index contributed by atoms with van der Waals surface area (Å²) in [6.07, 6.45) is 2.59. The molecule has 0 radical (unpaired) electrons. The second-order valence-electron chi connectivity index (χ2n) is 4.35. The third kappa shape index (κ3) is 3.03. The van der Waals surface area contributed by atoms with E-state index in [1.165, 1.54) is 35.7 Å². The highest BCUT2D eigenvalue weighted by atomic mass is 32.1. The Labute approximate surface area is 96.3 Å². The predicted octanol–water partition coefficient (Wildman–Crippen LogP) is 2.24. The van der Waals surface area contributed by atoms with Crippen molar-refractivity contribution in [1.82, 2.24) is 10.2 Å². The quantitative estimate of drug-likeness (QED) is 0.847. The summed E-state index contributed by atoms with van der Waals surface area (Å²) < 4.78 is 0. The lowest BCUT2D eigenvalue weighted by molar-refractivity contribution is 0.196. The van der Waals surface area contributed by atoms with Crippen molar-refractivity contribution in [2.75, 3.05) is 20.1 Å². The molecule has 1 saturated heterocycles. The highest BCUT2D eigenvalue weighted by Gasteiger charge is 2.17. The normalized spacial score (nSPS) is 19.6. The number of nitrogens with zero attached hydrogens (tertiary/aromatic N) is 1. The van der Waals surface area contributed by atoms with Crippen LogP contribution in [0.15, 0.2) is 12.1 Å². The largest absolute Gasteiger partial charge is 0.317 e.